The number of fused-ring (bicyclic) bond motifs is 3. The molecule has 5 nitrogen and oxygen atoms in total. The van der Waals surface area contributed by atoms with Crippen LogP contribution in [-0.2, 0) is 21.5 Å². The van der Waals surface area contributed by atoms with Gasteiger partial charge in [0.25, 0.3) is 0 Å². The Morgan fingerprint density at radius 2 is 1.97 bits per heavy atom. The Bertz CT molecular complexity index is 1200. The largest absolute Gasteiger partial charge is 0.378 e. The highest BCUT2D eigenvalue weighted by atomic mass is 32.2. The van der Waals surface area contributed by atoms with Gasteiger partial charge >= 0.3 is 0 Å². The molecular weight excluding hydrogens is 449 g/mol. The minimum atomic E-state index is -0.281. The van der Waals surface area contributed by atoms with Gasteiger partial charge in [-0.3, -0.25) is 9.69 Å². The number of pyridine rings is 1. The zero-order valence-electron chi connectivity index (χ0n) is 19.6. The summed E-state index contributed by atoms with van der Waals surface area (Å²) in [6.45, 7) is 2.46. The number of thioether (sulfide) groups is 1. The standard InChI is InChI=1S/C27H30FN3O2S/c1-33-26-25(30-23(32)17-34-2)20-7-3-4-8-21(20)27(26)12-14-31(15-13-27)16-19-11-10-18-6-5-9-22(28)24(18)29-19/h3-11,25-26H,12-17H2,1-2H3,(H,30,32)/t25-,26+/m0/s1. The summed E-state index contributed by atoms with van der Waals surface area (Å²) < 4.78 is 20.3. The molecule has 2 aliphatic rings. The molecule has 5 rings (SSSR count). The second-order valence-corrected chi connectivity index (χ2v) is 10.1. The third-order valence-corrected chi connectivity index (χ3v) is 7.94. The molecule has 1 amide bonds. The van der Waals surface area contributed by atoms with Crippen LogP contribution < -0.4 is 5.32 Å². The van der Waals surface area contributed by atoms with Gasteiger partial charge in [0.05, 0.1) is 23.6 Å². The topological polar surface area (TPSA) is 54.5 Å². The van der Waals surface area contributed by atoms with E-state index in [0.29, 0.717) is 17.8 Å². The summed E-state index contributed by atoms with van der Waals surface area (Å²) in [5.74, 6) is 0.199. The summed E-state index contributed by atoms with van der Waals surface area (Å²) in [5, 5.41) is 4.06. The number of amides is 1. The van der Waals surface area contributed by atoms with Crippen LogP contribution in [0.5, 0.6) is 0 Å². The molecule has 3 aromatic rings. The van der Waals surface area contributed by atoms with E-state index in [2.05, 4.69) is 33.4 Å². The minimum Gasteiger partial charge on any atom is -0.378 e. The van der Waals surface area contributed by atoms with Crippen LogP contribution in [0.25, 0.3) is 10.9 Å². The normalized spacial score (nSPS) is 21.6. The number of likely N-dealkylation sites (tertiary alicyclic amines) is 1. The molecule has 34 heavy (non-hydrogen) atoms. The average Bonchev–Trinajstić information content (AvgIpc) is 3.10. The predicted molar refractivity (Wildman–Crippen MR) is 134 cm³/mol. The third-order valence-electron chi connectivity index (χ3n) is 7.39. The van der Waals surface area contributed by atoms with Gasteiger partial charge < -0.3 is 10.1 Å². The maximum absolute atomic E-state index is 14.2. The van der Waals surface area contributed by atoms with Gasteiger partial charge in [0.2, 0.25) is 5.91 Å². The van der Waals surface area contributed by atoms with Crippen molar-refractivity contribution in [3.63, 3.8) is 0 Å². The maximum atomic E-state index is 14.2. The first-order valence-corrected chi connectivity index (χ1v) is 13.1. The fourth-order valence-electron chi connectivity index (χ4n) is 5.85. The molecule has 1 aliphatic carbocycles. The highest BCUT2D eigenvalue weighted by Gasteiger charge is 2.53. The first-order valence-electron chi connectivity index (χ1n) is 11.7. The molecule has 0 unspecified atom stereocenters. The summed E-state index contributed by atoms with van der Waals surface area (Å²) in [7, 11) is 1.76. The number of rotatable bonds is 6. The molecule has 2 aromatic carbocycles. The quantitative estimate of drug-likeness (QED) is 0.566. The Morgan fingerprint density at radius 1 is 1.18 bits per heavy atom. The lowest BCUT2D eigenvalue weighted by Crippen LogP contribution is -2.50. The number of nitrogens with one attached hydrogen (secondary N) is 1. The molecule has 7 heteroatoms. The van der Waals surface area contributed by atoms with E-state index in [-0.39, 0.29) is 29.3 Å². The van der Waals surface area contributed by atoms with E-state index < -0.39 is 0 Å². The Balaban J connectivity index is 1.35. The van der Waals surface area contributed by atoms with Crippen molar-refractivity contribution in [1.29, 1.82) is 0 Å². The summed E-state index contributed by atoms with van der Waals surface area (Å²) in [5.41, 5.74) is 3.64. The van der Waals surface area contributed by atoms with Gasteiger partial charge in [-0.05, 0) is 55.4 Å². The Hall–Kier alpha value is -2.48. The SMILES string of the molecule is CO[C@@H]1[C@@H](NC(=O)CSC)c2ccccc2C12CCN(Cc1ccc3cccc(F)c3n1)CC2. The molecule has 1 spiro atoms. The van der Waals surface area contributed by atoms with Crippen LogP contribution in [0.1, 0.15) is 35.7 Å². The van der Waals surface area contributed by atoms with Gasteiger partial charge in [0.15, 0.2) is 0 Å². The first kappa shape index (κ1) is 23.3. The second-order valence-electron chi connectivity index (χ2n) is 9.27. The van der Waals surface area contributed by atoms with Gasteiger partial charge in [-0.25, -0.2) is 9.37 Å². The zero-order chi connectivity index (χ0) is 23.7. The molecule has 1 aliphatic heterocycles. The number of ether oxygens (including phenoxy) is 1. The van der Waals surface area contributed by atoms with Crippen molar-refractivity contribution in [1.82, 2.24) is 15.2 Å². The summed E-state index contributed by atoms with van der Waals surface area (Å²) in [6, 6.07) is 17.3. The molecule has 1 N–H and O–H groups in total. The smallest absolute Gasteiger partial charge is 0.230 e. The average molecular weight is 480 g/mol. The molecule has 0 radical (unpaired) electrons. The number of halogens is 1. The zero-order valence-corrected chi connectivity index (χ0v) is 20.4. The number of hydrogen-bond donors (Lipinski definition) is 1. The van der Waals surface area contributed by atoms with Gasteiger partial charge in [-0.15, -0.1) is 0 Å². The molecule has 2 atom stereocenters. The number of methoxy groups -OCH3 is 1. The number of piperidine rings is 1. The molecule has 1 fully saturated rings. The van der Waals surface area contributed by atoms with Crippen molar-refractivity contribution >= 4 is 28.6 Å². The van der Waals surface area contributed by atoms with Crippen molar-refractivity contribution in [2.24, 2.45) is 0 Å². The van der Waals surface area contributed by atoms with E-state index in [4.69, 9.17) is 4.74 Å². The van der Waals surface area contributed by atoms with Gasteiger partial charge in [-0.2, -0.15) is 11.8 Å². The molecular formula is C27H30FN3O2S. The maximum Gasteiger partial charge on any atom is 0.230 e. The van der Waals surface area contributed by atoms with E-state index >= 15 is 0 Å². The monoisotopic (exact) mass is 479 g/mol. The fraction of sp³-hybridized carbons (Fsp3) is 0.407. The first-order chi connectivity index (χ1) is 16.6. The van der Waals surface area contributed by atoms with Crippen LogP contribution in [0.3, 0.4) is 0 Å². The van der Waals surface area contributed by atoms with Crippen LogP contribution in [0.15, 0.2) is 54.6 Å². The Kier molecular flexibility index (Phi) is 6.60. The molecule has 0 bridgehead atoms. The van der Waals surface area contributed by atoms with E-state index in [9.17, 15) is 9.18 Å². The third kappa shape index (κ3) is 4.10. The van der Waals surface area contributed by atoms with Crippen molar-refractivity contribution in [3.05, 3.63) is 77.2 Å². The van der Waals surface area contributed by atoms with E-state index in [1.165, 1.54) is 29.0 Å². The molecule has 1 saturated heterocycles. The molecule has 178 valence electrons. The molecule has 0 saturated carbocycles. The number of aromatic nitrogens is 1. The van der Waals surface area contributed by atoms with Gasteiger partial charge in [0.1, 0.15) is 11.3 Å². The molecule has 1 aromatic heterocycles. The summed E-state index contributed by atoms with van der Waals surface area (Å²) in [4.78, 5) is 19.5. The Labute approximate surface area is 204 Å². The summed E-state index contributed by atoms with van der Waals surface area (Å²) >= 11 is 1.52. The van der Waals surface area contributed by atoms with E-state index in [1.54, 1.807) is 13.2 Å². The minimum absolute atomic E-state index is 0.0402. The van der Waals surface area contributed by atoms with Crippen molar-refractivity contribution in [2.75, 3.05) is 32.2 Å². The number of nitrogens with zero attached hydrogens (tertiary/aromatic N) is 2. The predicted octanol–water partition coefficient (Wildman–Crippen LogP) is 4.46. The van der Waals surface area contributed by atoms with Crippen LogP contribution in [0.4, 0.5) is 4.39 Å². The second kappa shape index (κ2) is 9.64. The van der Waals surface area contributed by atoms with Crippen molar-refractivity contribution < 1.29 is 13.9 Å². The van der Waals surface area contributed by atoms with Crippen LogP contribution >= 0.6 is 11.8 Å². The fourth-order valence-corrected chi connectivity index (χ4v) is 6.20. The lowest BCUT2D eigenvalue weighted by atomic mass is 9.72. The van der Waals surface area contributed by atoms with Gasteiger partial charge in [0, 0.05) is 24.5 Å². The Morgan fingerprint density at radius 3 is 2.74 bits per heavy atom. The van der Waals surface area contributed by atoms with Crippen LogP contribution in [0, 0.1) is 5.82 Å². The number of benzene rings is 2. The summed E-state index contributed by atoms with van der Waals surface area (Å²) in [6.07, 6.45) is 3.69. The number of para-hydroxylation sites is 1. The van der Waals surface area contributed by atoms with Crippen LogP contribution in [-0.4, -0.2) is 54.1 Å². The number of hydrogen-bond acceptors (Lipinski definition) is 5. The van der Waals surface area contributed by atoms with E-state index in [1.807, 2.05) is 30.5 Å². The lowest BCUT2D eigenvalue weighted by Gasteiger charge is -2.44. The number of carbonyl (C=O) groups excluding carboxylic acids is 1. The van der Waals surface area contributed by atoms with Crippen LogP contribution in [0.2, 0.25) is 0 Å². The highest BCUT2D eigenvalue weighted by molar-refractivity contribution is 7.99. The van der Waals surface area contributed by atoms with Gasteiger partial charge in [-0.1, -0.05) is 42.5 Å². The highest BCUT2D eigenvalue weighted by Crippen LogP contribution is 2.52. The lowest BCUT2D eigenvalue weighted by molar-refractivity contribution is -0.121. The molecule has 2 heterocycles. The van der Waals surface area contributed by atoms with Crippen molar-refractivity contribution in [3.8, 4) is 0 Å². The van der Waals surface area contributed by atoms with E-state index in [0.717, 1.165) is 37.0 Å². The van der Waals surface area contributed by atoms with Crippen molar-refractivity contribution in [2.45, 2.75) is 36.9 Å². The number of carbonyl (C=O) groups is 1.